The number of hydrogen-bond donors (Lipinski definition) is 2. The topological polar surface area (TPSA) is 70.4 Å². The zero-order chi connectivity index (χ0) is 15.4. The third-order valence-electron chi connectivity index (χ3n) is 3.68. The van der Waals surface area contributed by atoms with Gasteiger partial charge in [-0.15, -0.1) is 0 Å². The molecule has 0 bridgehead atoms. The number of aromatic nitrogens is 1. The van der Waals surface area contributed by atoms with E-state index in [1.54, 1.807) is 13.0 Å². The van der Waals surface area contributed by atoms with Crippen molar-refractivity contribution in [3.8, 4) is 0 Å². The van der Waals surface area contributed by atoms with Gasteiger partial charge in [-0.25, -0.2) is 0 Å². The fraction of sp³-hybridized carbons (Fsp3) is 0.375. The number of aryl methyl sites for hydroxylation is 1. The van der Waals surface area contributed by atoms with Crippen LogP contribution in [0.5, 0.6) is 0 Å². The van der Waals surface area contributed by atoms with Gasteiger partial charge in [-0.3, -0.25) is 4.79 Å². The van der Waals surface area contributed by atoms with Crippen molar-refractivity contribution >= 4 is 23.1 Å². The van der Waals surface area contributed by atoms with Crippen molar-refractivity contribution in [2.45, 2.75) is 19.8 Å². The van der Waals surface area contributed by atoms with E-state index in [1.165, 1.54) is 18.5 Å². The predicted molar refractivity (Wildman–Crippen MR) is 86.2 cm³/mol. The normalized spacial score (nSPS) is 14.1. The Morgan fingerprint density at radius 3 is 2.64 bits per heavy atom. The Bertz CT molecular complexity index is 630. The molecule has 0 radical (unpaired) electrons. The molecule has 2 heterocycles. The van der Waals surface area contributed by atoms with E-state index in [0.29, 0.717) is 11.6 Å². The minimum atomic E-state index is -0.116. The summed E-state index contributed by atoms with van der Waals surface area (Å²) in [6, 6.07) is 9.72. The molecule has 0 unspecified atom stereocenters. The molecule has 1 amide bonds. The lowest BCUT2D eigenvalue weighted by Gasteiger charge is -2.17. The van der Waals surface area contributed by atoms with Gasteiger partial charge < -0.3 is 20.1 Å². The van der Waals surface area contributed by atoms with Gasteiger partial charge >= 0.3 is 0 Å². The Kier molecular flexibility index (Phi) is 4.27. The standard InChI is InChI=1S/C16H20N4O2/c1-12-10-15(19-22-12)17-11-16(21)18-13-4-6-14(7-5-13)20-8-2-3-9-20/h4-7,10H,2-3,8-9,11H2,1H3,(H,17,19)(H,18,21). The molecule has 0 spiro atoms. The highest BCUT2D eigenvalue weighted by Gasteiger charge is 2.12. The molecule has 6 nitrogen and oxygen atoms in total. The van der Waals surface area contributed by atoms with Crippen molar-refractivity contribution in [2.75, 3.05) is 35.2 Å². The lowest BCUT2D eigenvalue weighted by Crippen LogP contribution is -2.22. The van der Waals surface area contributed by atoms with Gasteiger partial charge in [0.1, 0.15) is 5.76 Å². The third-order valence-corrected chi connectivity index (χ3v) is 3.68. The fourth-order valence-electron chi connectivity index (χ4n) is 2.56. The first-order valence-electron chi connectivity index (χ1n) is 7.53. The number of carbonyl (C=O) groups excluding carboxylic acids is 1. The molecule has 3 rings (SSSR count). The number of benzene rings is 1. The van der Waals surface area contributed by atoms with Crippen LogP contribution in [-0.2, 0) is 4.79 Å². The molecule has 1 fully saturated rings. The molecular weight excluding hydrogens is 280 g/mol. The fourth-order valence-corrected chi connectivity index (χ4v) is 2.56. The summed E-state index contributed by atoms with van der Waals surface area (Å²) in [5.41, 5.74) is 2.01. The Labute approximate surface area is 129 Å². The molecule has 1 aromatic carbocycles. The van der Waals surface area contributed by atoms with Crippen LogP contribution in [0.15, 0.2) is 34.9 Å². The molecule has 0 atom stereocenters. The monoisotopic (exact) mass is 300 g/mol. The second-order valence-corrected chi connectivity index (χ2v) is 5.47. The predicted octanol–water partition coefficient (Wildman–Crippen LogP) is 2.63. The highest BCUT2D eigenvalue weighted by atomic mass is 16.5. The van der Waals surface area contributed by atoms with E-state index in [-0.39, 0.29) is 12.5 Å². The highest BCUT2D eigenvalue weighted by Crippen LogP contribution is 2.21. The molecule has 2 N–H and O–H groups in total. The van der Waals surface area contributed by atoms with Gasteiger partial charge in [0.2, 0.25) is 5.91 Å². The smallest absolute Gasteiger partial charge is 0.243 e. The van der Waals surface area contributed by atoms with Gasteiger partial charge in [0.25, 0.3) is 0 Å². The molecule has 1 aliphatic rings. The average Bonchev–Trinajstić information content (AvgIpc) is 3.17. The summed E-state index contributed by atoms with van der Waals surface area (Å²) in [6.45, 7) is 4.19. The van der Waals surface area contributed by atoms with Crippen LogP contribution < -0.4 is 15.5 Å². The number of nitrogens with one attached hydrogen (secondary N) is 2. The van der Waals surface area contributed by atoms with Crippen LogP contribution in [-0.4, -0.2) is 30.7 Å². The van der Waals surface area contributed by atoms with Crippen LogP contribution >= 0.6 is 0 Å². The minimum absolute atomic E-state index is 0.116. The molecule has 1 aliphatic heterocycles. The molecule has 2 aromatic rings. The summed E-state index contributed by atoms with van der Waals surface area (Å²) in [5, 5.41) is 9.55. The van der Waals surface area contributed by atoms with Crippen LogP contribution in [0, 0.1) is 6.92 Å². The number of anilines is 3. The molecule has 6 heteroatoms. The summed E-state index contributed by atoms with van der Waals surface area (Å²) in [7, 11) is 0. The highest BCUT2D eigenvalue weighted by molar-refractivity contribution is 5.93. The first kappa shape index (κ1) is 14.4. The van der Waals surface area contributed by atoms with E-state index in [1.807, 2.05) is 12.1 Å². The lowest BCUT2D eigenvalue weighted by atomic mass is 10.2. The number of carbonyl (C=O) groups is 1. The maximum Gasteiger partial charge on any atom is 0.243 e. The second kappa shape index (κ2) is 6.51. The van der Waals surface area contributed by atoms with Crippen molar-refractivity contribution in [2.24, 2.45) is 0 Å². The SMILES string of the molecule is Cc1cc(NCC(=O)Nc2ccc(N3CCCC3)cc2)no1. The van der Waals surface area contributed by atoms with Gasteiger partial charge in [0.15, 0.2) is 5.82 Å². The van der Waals surface area contributed by atoms with E-state index in [4.69, 9.17) is 4.52 Å². The zero-order valence-electron chi connectivity index (χ0n) is 12.6. The largest absolute Gasteiger partial charge is 0.372 e. The molecule has 1 saturated heterocycles. The minimum Gasteiger partial charge on any atom is -0.372 e. The van der Waals surface area contributed by atoms with Crippen LogP contribution in [0.25, 0.3) is 0 Å². The summed E-state index contributed by atoms with van der Waals surface area (Å²) < 4.78 is 4.93. The van der Waals surface area contributed by atoms with Gasteiger partial charge in [0.05, 0.1) is 6.54 Å². The third kappa shape index (κ3) is 3.58. The summed E-state index contributed by atoms with van der Waals surface area (Å²) in [4.78, 5) is 14.3. The van der Waals surface area contributed by atoms with E-state index in [9.17, 15) is 4.79 Å². The molecular formula is C16H20N4O2. The van der Waals surface area contributed by atoms with E-state index in [2.05, 4.69) is 32.8 Å². The Morgan fingerprint density at radius 1 is 1.27 bits per heavy atom. The van der Waals surface area contributed by atoms with Crippen LogP contribution in [0.3, 0.4) is 0 Å². The first-order chi connectivity index (χ1) is 10.7. The summed E-state index contributed by atoms with van der Waals surface area (Å²) >= 11 is 0. The van der Waals surface area contributed by atoms with Crippen molar-refractivity contribution in [3.63, 3.8) is 0 Å². The molecule has 116 valence electrons. The molecule has 1 aromatic heterocycles. The second-order valence-electron chi connectivity index (χ2n) is 5.47. The van der Waals surface area contributed by atoms with Crippen molar-refractivity contribution < 1.29 is 9.32 Å². The van der Waals surface area contributed by atoms with E-state index in [0.717, 1.165) is 18.8 Å². The summed E-state index contributed by atoms with van der Waals surface area (Å²) in [5.74, 6) is 1.16. The first-order valence-corrected chi connectivity index (χ1v) is 7.53. The lowest BCUT2D eigenvalue weighted by molar-refractivity contribution is -0.114. The van der Waals surface area contributed by atoms with Gasteiger partial charge in [-0.05, 0) is 44.0 Å². The quantitative estimate of drug-likeness (QED) is 0.888. The Hall–Kier alpha value is -2.50. The number of nitrogens with zero attached hydrogens (tertiary/aromatic N) is 2. The van der Waals surface area contributed by atoms with Crippen LogP contribution in [0.4, 0.5) is 17.2 Å². The maximum atomic E-state index is 11.9. The van der Waals surface area contributed by atoms with Gasteiger partial charge in [0, 0.05) is 30.5 Å². The summed E-state index contributed by atoms with van der Waals surface area (Å²) in [6.07, 6.45) is 2.51. The number of rotatable bonds is 5. The van der Waals surface area contributed by atoms with Gasteiger partial charge in [-0.1, -0.05) is 5.16 Å². The van der Waals surface area contributed by atoms with E-state index >= 15 is 0 Å². The number of hydrogen-bond acceptors (Lipinski definition) is 5. The molecule has 0 aliphatic carbocycles. The molecule has 22 heavy (non-hydrogen) atoms. The van der Waals surface area contributed by atoms with Crippen LogP contribution in [0.2, 0.25) is 0 Å². The van der Waals surface area contributed by atoms with E-state index < -0.39 is 0 Å². The van der Waals surface area contributed by atoms with Crippen LogP contribution in [0.1, 0.15) is 18.6 Å². The average molecular weight is 300 g/mol. The zero-order valence-corrected chi connectivity index (χ0v) is 12.6. The molecule has 0 saturated carbocycles. The van der Waals surface area contributed by atoms with Crippen molar-refractivity contribution in [3.05, 3.63) is 36.1 Å². The maximum absolute atomic E-state index is 11.9. The van der Waals surface area contributed by atoms with Crippen molar-refractivity contribution in [1.82, 2.24) is 5.16 Å². The number of amides is 1. The van der Waals surface area contributed by atoms with Crippen molar-refractivity contribution in [1.29, 1.82) is 0 Å². The Balaban J connectivity index is 1.50. The Morgan fingerprint density at radius 2 is 2.00 bits per heavy atom. The van der Waals surface area contributed by atoms with Gasteiger partial charge in [-0.2, -0.15) is 0 Å².